The molecule has 0 radical (unpaired) electrons. The smallest absolute Gasteiger partial charge is 0.331 e. The van der Waals surface area contributed by atoms with Crippen LogP contribution in [0.3, 0.4) is 0 Å². The van der Waals surface area contributed by atoms with Crippen molar-refractivity contribution in [1.29, 1.82) is 0 Å². The molecule has 0 saturated heterocycles. The van der Waals surface area contributed by atoms with Crippen molar-refractivity contribution in [2.45, 2.75) is 105 Å². The van der Waals surface area contributed by atoms with Crippen molar-refractivity contribution in [3.8, 4) is 0 Å². The normalized spacial score (nSPS) is 12.6. The van der Waals surface area contributed by atoms with Gasteiger partial charge in [0.25, 0.3) is 0 Å². The molecule has 0 spiro atoms. The molecule has 0 amide bonds. The summed E-state index contributed by atoms with van der Waals surface area (Å²) in [5.41, 5.74) is 33.4. The second-order valence-electron chi connectivity index (χ2n) is 19.4. The fourth-order valence-corrected chi connectivity index (χ4v) is 7.58. The largest absolute Gasteiger partial charge is 0.361 e. The fourth-order valence-electron chi connectivity index (χ4n) is 7.58. The van der Waals surface area contributed by atoms with Crippen LogP contribution in [0, 0.1) is 0 Å². The number of hydrogen-bond donors (Lipinski definition) is 0. The molecule has 6 nitrogen and oxygen atoms in total. The zero-order chi connectivity index (χ0) is 40.5. The number of rotatable bonds is 4. The maximum absolute atomic E-state index is 11.1. The third kappa shape index (κ3) is 6.96. The van der Waals surface area contributed by atoms with Crippen molar-refractivity contribution in [3.05, 3.63) is 153 Å². The molecule has 0 N–H and O–H groups in total. The van der Waals surface area contributed by atoms with E-state index in [-0.39, 0.29) is 21.7 Å². The molecule has 0 saturated carbocycles. The van der Waals surface area contributed by atoms with Crippen LogP contribution in [0.25, 0.3) is 54.7 Å². The topological polar surface area (TPSA) is 98.6 Å². The minimum absolute atomic E-state index is 0.119. The van der Waals surface area contributed by atoms with Crippen LogP contribution in [-0.4, -0.2) is 31.0 Å². The zero-order valence-corrected chi connectivity index (χ0v) is 34.9. The Morgan fingerprint density at radius 1 is 0.393 bits per heavy atom. The average molecular weight is 737 g/mol. The van der Waals surface area contributed by atoms with Gasteiger partial charge in [0.05, 0.1) is 44.3 Å². The Labute approximate surface area is 330 Å². The standard InChI is InChI=1S/C50H52N6/c1-47(2,3)31-16-20-39-35(25-31)43(36-26-32(48(4,5)6)17-21-40(36)53-39)45(55-51)29-14-13-15-30(24-29)46(56-52)44-37-27-33(49(7,8)9)18-22-41(37)54-42-23-19-34(28-38(42)44)50(10,11)12/h13-28H,1-12H3. The van der Waals surface area contributed by atoms with Gasteiger partial charge in [-0.2, -0.15) is 9.58 Å². The van der Waals surface area contributed by atoms with Gasteiger partial charge in [-0.3, -0.25) is 0 Å². The summed E-state index contributed by atoms with van der Waals surface area (Å²) in [7, 11) is 0. The number of hydrogen-bond acceptors (Lipinski definition) is 2. The van der Waals surface area contributed by atoms with Crippen molar-refractivity contribution in [2.24, 2.45) is 0 Å². The maximum atomic E-state index is 11.1. The molecule has 282 valence electrons. The molecule has 0 bridgehead atoms. The maximum Gasteiger partial charge on any atom is 0.331 e. The lowest BCUT2D eigenvalue weighted by molar-refractivity contribution is -0.00266. The lowest BCUT2D eigenvalue weighted by Gasteiger charge is -2.22. The van der Waals surface area contributed by atoms with E-state index in [2.05, 4.69) is 165 Å². The van der Waals surface area contributed by atoms with Gasteiger partial charge in [0.1, 0.15) is 0 Å². The first-order valence-electron chi connectivity index (χ1n) is 19.5. The van der Waals surface area contributed by atoms with Gasteiger partial charge in [0.15, 0.2) is 0 Å². The molecule has 7 rings (SSSR count). The summed E-state index contributed by atoms with van der Waals surface area (Å²) in [5, 5.41) is 3.61. The molecule has 2 heterocycles. The monoisotopic (exact) mass is 736 g/mol. The second-order valence-corrected chi connectivity index (χ2v) is 19.4. The van der Waals surface area contributed by atoms with Crippen molar-refractivity contribution >= 4 is 55.0 Å². The van der Waals surface area contributed by atoms with E-state index in [1.165, 1.54) is 0 Å². The van der Waals surface area contributed by atoms with E-state index in [0.29, 0.717) is 22.6 Å². The van der Waals surface area contributed by atoms with Crippen molar-refractivity contribution in [2.75, 3.05) is 0 Å². The van der Waals surface area contributed by atoms with Gasteiger partial charge in [0.2, 0.25) is 0 Å². The Morgan fingerprint density at radius 3 is 0.893 bits per heavy atom. The van der Waals surface area contributed by atoms with E-state index < -0.39 is 0 Å². The summed E-state index contributed by atoms with van der Waals surface area (Å²) in [6.07, 6.45) is 0. The molecule has 56 heavy (non-hydrogen) atoms. The molecule has 0 fully saturated rings. The Morgan fingerprint density at radius 2 is 0.661 bits per heavy atom. The number of aromatic nitrogens is 2. The fraction of sp³-hybridized carbons (Fsp3) is 0.320. The molecule has 6 heteroatoms. The predicted molar refractivity (Wildman–Crippen MR) is 233 cm³/mol. The van der Waals surface area contributed by atoms with Crippen LogP contribution in [0.4, 0.5) is 0 Å². The number of benzene rings is 5. The molecule has 2 aromatic heterocycles. The Hall–Kier alpha value is -5.80. The first-order chi connectivity index (χ1) is 26.2. The molecule has 0 unspecified atom stereocenters. The van der Waals surface area contributed by atoms with Gasteiger partial charge in [0, 0.05) is 21.5 Å². The molecule has 0 aliphatic carbocycles. The molecule has 0 aliphatic heterocycles. The Kier molecular flexibility index (Phi) is 9.24. The lowest BCUT2D eigenvalue weighted by Crippen LogP contribution is -2.15. The first kappa shape index (κ1) is 38.5. The average Bonchev–Trinajstić information content (AvgIpc) is 3.12. The van der Waals surface area contributed by atoms with Crippen LogP contribution in [0.5, 0.6) is 0 Å². The molecule has 0 atom stereocenters. The molecule has 7 aromatic rings. The van der Waals surface area contributed by atoms with E-state index in [9.17, 15) is 11.1 Å². The highest BCUT2D eigenvalue weighted by Crippen LogP contribution is 2.37. The van der Waals surface area contributed by atoms with Gasteiger partial charge in [-0.05, 0) is 111 Å². The van der Waals surface area contributed by atoms with Crippen LogP contribution < -0.4 is 0 Å². The van der Waals surface area contributed by atoms with Crippen LogP contribution in [-0.2, 0) is 21.7 Å². The summed E-state index contributed by atoms with van der Waals surface area (Å²) in [6.45, 7) is 26.4. The summed E-state index contributed by atoms with van der Waals surface area (Å²) in [5.74, 6) is 0. The molecule has 5 aromatic carbocycles. The molecular formula is C50H52N6. The van der Waals surface area contributed by atoms with Gasteiger partial charge in [-0.15, -0.1) is 0 Å². The van der Waals surface area contributed by atoms with Crippen LogP contribution in [0.1, 0.15) is 128 Å². The summed E-state index contributed by atoms with van der Waals surface area (Å²) < 4.78 is 0. The predicted octanol–water partition coefficient (Wildman–Crippen LogP) is 12.4. The van der Waals surface area contributed by atoms with Gasteiger partial charge < -0.3 is 11.1 Å². The lowest BCUT2D eigenvalue weighted by atomic mass is 9.82. The summed E-state index contributed by atoms with van der Waals surface area (Å²) in [4.78, 5) is 18.3. The zero-order valence-electron chi connectivity index (χ0n) is 34.9. The van der Waals surface area contributed by atoms with E-state index in [1.54, 1.807) is 0 Å². The van der Waals surface area contributed by atoms with Crippen LogP contribution in [0.15, 0.2) is 97.1 Å². The van der Waals surface area contributed by atoms with Crippen molar-refractivity contribution in [1.82, 2.24) is 9.97 Å². The van der Waals surface area contributed by atoms with E-state index in [0.717, 1.165) is 77.0 Å². The van der Waals surface area contributed by atoms with Crippen LogP contribution >= 0.6 is 0 Å². The molecule has 0 aliphatic rings. The quantitative estimate of drug-likeness (QED) is 0.0778. The third-order valence-corrected chi connectivity index (χ3v) is 11.1. The highest BCUT2D eigenvalue weighted by molar-refractivity contribution is 6.26. The SMILES string of the molecule is CC(C)(C)c1ccc2nc3ccc(C(C)(C)C)cc3c(C(=[N+]=[N-])c3cccc(C(=[N+]=[N-])c4c5cc(C(C)(C)C)ccc5nc5ccc(C(C)(C)C)cc45)c3)c2c1. The van der Waals surface area contributed by atoms with Crippen molar-refractivity contribution < 1.29 is 9.58 Å². The minimum atomic E-state index is -0.119. The summed E-state index contributed by atoms with van der Waals surface area (Å²) in [6, 6.07) is 33.3. The highest BCUT2D eigenvalue weighted by Gasteiger charge is 2.30. The minimum Gasteiger partial charge on any atom is -0.361 e. The Balaban J connectivity index is 1.52. The Bertz CT molecular complexity index is 2500. The number of fused-ring (bicyclic) bond motifs is 4. The van der Waals surface area contributed by atoms with Crippen molar-refractivity contribution in [3.63, 3.8) is 0 Å². The van der Waals surface area contributed by atoms with E-state index >= 15 is 0 Å². The van der Waals surface area contributed by atoms with E-state index in [1.807, 2.05) is 24.3 Å². The van der Waals surface area contributed by atoms with Crippen LogP contribution in [0.2, 0.25) is 0 Å². The molecular weight excluding hydrogens is 685 g/mol. The van der Waals surface area contributed by atoms with Gasteiger partial charge in [-0.1, -0.05) is 113 Å². The second kappa shape index (κ2) is 13.4. The number of pyridine rings is 2. The van der Waals surface area contributed by atoms with Gasteiger partial charge in [-0.25, -0.2) is 9.97 Å². The van der Waals surface area contributed by atoms with E-state index in [4.69, 9.17) is 9.97 Å². The summed E-state index contributed by atoms with van der Waals surface area (Å²) >= 11 is 0. The highest BCUT2D eigenvalue weighted by atomic mass is 14.9. The third-order valence-electron chi connectivity index (χ3n) is 11.1. The first-order valence-corrected chi connectivity index (χ1v) is 19.5. The van der Waals surface area contributed by atoms with Gasteiger partial charge >= 0.3 is 11.4 Å². The number of nitrogens with zero attached hydrogens (tertiary/aromatic N) is 6.